The van der Waals surface area contributed by atoms with Crippen molar-refractivity contribution in [3.63, 3.8) is 0 Å². The van der Waals surface area contributed by atoms with E-state index in [4.69, 9.17) is 4.74 Å². The second-order valence-electron chi connectivity index (χ2n) is 5.30. The van der Waals surface area contributed by atoms with Crippen LogP contribution >= 0.6 is 0 Å². The zero-order valence-electron chi connectivity index (χ0n) is 12.7. The first-order valence-electron chi connectivity index (χ1n) is 7.49. The molecule has 4 heteroatoms. The molecular weight excluding hydrogens is 268 g/mol. The predicted molar refractivity (Wildman–Crippen MR) is 80.9 cm³/mol. The zero-order valence-corrected chi connectivity index (χ0v) is 12.7. The van der Waals surface area contributed by atoms with Crippen LogP contribution in [-0.4, -0.2) is 23.7 Å². The molecule has 116 valence electrons. The first kappa shape index (κ1) is 17.2. The first-order chi connectivity index (χ1) is 10.1. The zero-order chi connectivity index (χ0) is 15.7. The fourth-order valence-corrected chi connectivity index (χ4v) is 2.17. The highest BCUT2D eigenvalue weighted by Crippen LogP contribution is 2.19. The Bertz CT molecular complexity index is 441. The van der Waals surface area contributed by atoms with Gasteiger partial charge < -0.3 is 9.84 Å². The summed E-state index contributed by atoms with van der Waals surface area (Å²) in [7, 11) is 0. The summed E-state index contributed by atoms with van der Waals surface area (Å²) in [6.07, 6.45) is 3.22. The number of hydrogen-bond acceptors (Lipinski definition) is 3. The maximum absolute atomic E-state index is 12.0. The van der Waals surface area contributed by atoms with Crippen molar-refractivity contribution in [2.45, 2.75) is 39.5 Å². The van der Waals surface area contributed by atoms with Gasteiger partial charge >= 0.3 is 11.9 Å². The van der Waals surface area contributed by atoms with Crippen molar-refractivity contribution >= 4 is 11.9 Å². The van der Waals surface area contributed by atoms with Crippen molar-refractivity contribution in [3.05, 3.63) is 35.9 Å². The van der Waals surface area contributed by atoms with E-state index in [-0.39, 0.29) is 0 Å². The Kier molecular flexibility index (Phi) is 7.51. The Hall–Kier alpha value is -1.84. The molecule has 0 aliphatic carbocycles. The minimum Gasteiger partial charge on any atom is -0.481 e. The molecular formula is C17H24O4. The van der Waals surface area contributed by atoms with Crippen LogP contribution in [0.2, 0.25) is 0 Å². The molecule has 0 aliphatic rings. The molecule has 0 unspecified atom stereocenters. The monoisotopic (exact) mass is 292 g/mol. The van der Waals surface area contributed by atoms with Gasteiger partial charge in [-0.3, -0.25) is 9.59 Å². The van der Waals surface area contributed by atoms with E-state index in [9.17, 15) is 14.7 Å². The molecule has 0 spiro atoms. The Balaban J connectivity index is 2.58. The molecule has 1 aromatic rings. The fraction of sp³-hybridized carbons (Fsp3) is 0.529. The van der Waals surface area contributed by atoms with Gasteiger partial charge in [0.1, 0.15) is 0 Å². The number of carbonyl (C=O) groups excluding carboxylic acids is 1. The van der Waals surface area contributed by atoms with Crippen LogP contribution in [0.3, 0.4) is 0 Å². The van der Waals surface area contributed by atoms with E-state index in [2.05, 4.69) is 6.92 Å². The molecule has 1 N–H and O–H groups in total. The smallest absolute Gasteiger partial charge is 0.309 e. The van der Waals surface area contributed by atoms with Crippen molar-refractivity contribution in [1.82, 2.24) is 0 Å². The van der Waals surface area contributed by atoms with E-state index in [0.717, 1.165) is 24.8 Å². The van der Waals surface area contributed by atoms with Crippen molar-refractivity contribution in [2.24, 2.45) is 11.8 Å². The highest BCUT2D eigenvalue weighted by Gasteiger charge is 2.31. The van der Waals surface area contributed by atoms with E-state index in [0.29, 0.717) is 13.0 Å². The largest absolute Gasteiger partial charge is 0.481 e. The lowest BCUT2D eigenvalue weighted by atomic mass is 9.88. The molecule has 0 heterocycles. The number of hydrogen-bond donors (Lipinski definition) is 1. The Morgan fingerprint density at radius 1 is 1.19 bits per heavy atom. The molecule has 1 rings (SSSR count). The molecule has 1 aromatic carbocycles. The number of carboxylic acids is 1. The minimum atomic E-state index is -0.961. The van der Waals surface area contributed by atoms with Crippen LogP contribution in [-0.2, 0) is 20.7 Å². The number of unbranched alkanes of at least 4 members (excludes halogenated alkanes) is 2. The van der Waals surface area contributed by atoms with E-state index >= 15 is 0 Å². The van der Waals surface area contributed by atoms with Gasteiger partial charge in [-0.25, -0.2) is 0 Å². The lowest BCUT2D eigenvalue weighted by Crippen LogP contribution is -2.31. The highest BCUT2D eigenvalue weighted by atomic mass is 16.5. The number of benzene rings is 1. The third-order valence-corrected chi connectivity index (χ3v) is 3.58. The minimum absolute atomic E-state index is 0.335. The van der Waals surface area contributed by atoms with E-state index < -0.39 is 23.8 Å². The molecule has 0 bridgehead atoms. The van der Waals surface area contributed by atoms with Crippen molar-refractivity contribution in [2.75, 3.05) is 6.61 Å². The average Bonchev–Trinajstić information content (AvgIpc) is 2.49. The maximum atomic E-state index is 12.0. The number of rotatable bonds is 9. The summed E-state index contributed by atoms with van der Waals surface area (Å²) in [5, 5.41) is 9.36. The summed E-state index contributed by atoms with van der Waals surface area (Å²) in [5.41, 5.74) is 0.913. The number of ether oxygens (including phenoxy) is 1. The van der Waals surface area contributed by atoms with Gasteiger partial charge in [0.25, 0.3) is 0 Å². The maximum Gasteiger partial charge on any atom is 0.309 e. The van der Waals surface area contributed by atoms with E-state index in [1.165, 1.54) is 0 Å². The molecule has 0 saturated heterocycles. The van der Waals surface area contributed by atoms with E-state index in [1.54, 1.807) is 6.92 Å². The third kappa shape index (κ3) is 5.98. The van der Waals surface area contributed by atoms with Gasteiger partial charge in [-0.1, -0.05) is 57.0 Å². The Labute approximate surface area is 126 Å². The van der Waals surface area contributed by atoms with Crippen molar-refractivity contribution in [1.29, 1.82) is 0 Å². The van der Waals surface area contributed by atoms with Crippen LogP contribution in [0.15, 0.2) is 30.3 Å². The van der Waals surface area contributed by atoms with Crippen molar-refractivity contribution in [3.8, 4) is 0 Å². The van der Waals surface area contributed by atoms with Crippen LogP contribution in [0, 0.1) is 11.8 Å². The topological polar surface area (TPSA) is 63.6 Å². The van der Waals surface area contributed by atoms with Gasteiger partial charge in [0.05, 0.1) is 18.4 Å². The van der Waals surface area contributed by atoms with Gasteiger partial charge in [0.15, 0.2) is 0 Å². The van der Waals surface area contributed by atoms with Gasteiger partial charge in [0.2, 0.25) is 0 Å². The second kappa shape index (κ2) is 9.16. The standard InChI is InChI=1S/C17H24O4/c1-3-4-8-11-21-17(20)13(2)15(16(18)19)12-14-9-6-5-7-10-14/h5-7,9-10,13,15H,3-4,8,11-12H2,1-2H3,(H,18,19)/t13-,15+/m0/s1. The Morgan fingerprint density at radius 2 is 1.86 bits per heavy atom. The SMILES string of the molecule is CCCCCOC(=O)[C@@H](C)[C@@H](Cc1ccccc1)C(=O)O. The summed E-state index contributed by atoms with van der Waals surface area (Å²) in [6.45, 7) is 4.07. The molecule has 0 radical (unpaired) electrons. The Morgan fingerprint density at radius 3 is 2.43 bits per heavy atom. The number of aliphatic carboxylic acids is 1. The number of esters is 1. The summed E-state index contributed by atoms with van der Waals surface area (Å²) < 4.78 is 5.17. The van der Waals surface area contributed by atoms with Crippen LogP contribution in [0.4, 0.5) is 0 Å². The highest BCUT2D eigenvalue weighted by molar-refractivity contribution is 5.81. The summed E-state index contributed by atoms with van der Waals surface area (Å²) in [6, 6.07) is 9.35. The number of carbonyl (C=O) groups is 2. The lowest BCUT2D eigenvalue weighted by molar-refractivity contribution is -0.157. The van der Waals surface area contributed by atoms with E-state index in [1.807, 2.05) is 30.3 Å². The van der Waals surface area contributed by atoms with Crippen LogP contribution in [0.5, 0.6) is 0 Å². The molecule has 2 atom stereocenters. The van der Waals surface area contributed by atoms with Gasteiger partial charge in [-0.2, -0.15) is 0 Å². The van der Waals surface area contributed by atoms with Crippen molar-refractivity contribution < 1.29 is 19.4 Å². The lowest BCUT2D eigenvalue weighted by Gasteiger charge is -2.19. The molecule has 21 heavy (non-hydrogen) atoms. The molecule has 0 amide bonds. The number of carboxylic acid groups (broad SMARTS) is 1. The summed E-state index contributed by atoms with van der Waals surface area (Å²) in [5.74, 6) is -2.79. The average molecular weight is 292 g/mol. The molecule has 0 saturated carbocycles. The van der Waals surface area contributed by atoms with Crippen LogP contribution in [0.25, 0.3) is 0 Å². The van der Waals surface area contributed by atoms with Gasteiger partial charge in [-0.05, 0) is 18.4 Å². The predicted octanol–water partition coefficient (Wildman–Crippen LogP) is 3.30. The normalized spacial score (nSPS) is 13.4. The fourth-order valence-electron chi connectivity index (χ4n) is 2.17. The van der Waals surface area contributed by atoms with Crippen LogP contribution < -0.4 is 0 Å². The first-order valence-corrected chi connectivity index (χ1v) is 7.49. The van der Waals surface area contributed by atoms with Crippen LogP contribution in [0.1, 0.15) is 38.7 Å². The quantitative estimate of drug-likeness (QED) is 0.560. The molecule has 0 fully saturated rings. The second-order valence-corrected chi connectivity index (χ2v) is 5.30. The van der Waals surface area contributed by atoms with Gasteiger partial charge in [-0.15, -0.1) is 0 Å². The van der Waals surface area contributed by atoms with Gasteiger partial charge in [0, 0.05) is 0 Å². The third-order valence-electron chi connectivity index (χ3n) is 3.58. The molecule has 0 aromatic heterocycles. The molecule has 0 aliphatic heterocycles. The summed E-state index contributed by atoms with van der Waals surface area (Å²) >= 11 is 0. The summed E-state index contributed by atoms with van der Waals surface area (Å²) in [4.78, 5) is 23.4. The molecule has 4 nitrogen and oxygen atoms in total.